The third kappa shape index (κ3) is 3.29. The zero-order chi connectivity index (χ0) is 16.4. The molecule has 7 nitrogen and oxygen atoms in total. The van der Waals surface area contributed by atoms with Crippen LogP contribution in [-0.2, 0) is 4.79 Å². The zero-order valence-electron chi connectivity index (χ0n) is 12.2. The average molecular weight is 311 g/mol. The summed E-state index contributed by atoms with van der Waals surface area (Å²) in [5, 5.41) is 5.34. The van der Waals surface area contributed by atoms with Crippen LogP contribution < -0.4 is 16.4 Å². The summed E-state index contributed by atoms with van der Waals surface area (Å²) in [4.78, 5) is 37.0. The Hall–Kier alpha value is -3.35. The molecule has 1 heterocycles. The molecule has 3 N–H and O–H groups in total. The average Bonchev–Trinajstić information content (AvgIpc) is 2.86. The van der Waals surface area contributed by atoms with Crippen LogP contribution >= 0.6 is 0 Å². The van der Waals surface area contributed by atoms with Crippen LogP contribution in [0.5, 0.6) is 0 Å². The number of rotatable bonds is 3. The van der Waals surface area contributed by atoms with Gasteiger partial charge in [-0.15, -0.1) is 0 Å². The number of fused-ring (bicyclic) bond motifs is 1. The number of H-pyrrole nitrogens is 1. The van der Waals surface area contributed by atoms with E-state index < -0.39 is 5.76 Å². The topological polar surface area (TPSA) is 104 Å². The number of aromatic amines is 1. The number of anilines is 2. The van der Waals surface area contributed by atoms with E-state index in [-0.39, 0.29) is 11.8 Å². The Bertz CT molecular complexity index is 955. The minimum absolute atomic E-state index is 0.211. The lowest BCUT2D eigenvalue weighted by Crippen LogP contribution is -2.13. The van der Waals surface area contributed by atoms with Gasteiger partial charge in [-0.2, -0.15) is 0 Å². The maximum atomic E-state index is 12.3. The third-order valence-electron chi connectivity index (χ3n) is 3.12. The van der Waals surface area contributed by atoms with Crippen LogP contribution in [0.15, 0.2) is 51.7 Å². The molecule has 0 fully saturated rings. The summed E-state index contributed by atoms with van der Waals surface area (Å²) in [6, 6.07) is 11.4. The molecule has 0 saturated carbocycles. The molecule has 0 aliphatic heterocycles. The van der Waals surface area contributed by atoms with Gasteiger partial charge in [0.05, 0.1) is 5.52 Å². The summed E-state index contributed by atoms with van der Waals surface area (Å²) < 4.78 is 4.90. The zero-order valence-corrected chi connectivity index (χ0v) is 12.2. The number of aromatic nitrogens is 1. The molecule has 0 bridgehead atoms. The number of nitrogens with one attached hydrogen (secondary N) is 3. The minimum atomic E-state index is -0.550. The van der Waals surface area contributed by atoms with Gasteiger partial charge in [-0.05, 0) is 36.4 Å². The Balaban J connectivity index is 1.82. The summed E-state index contributed by atoms with van der Waals surface area (Å²) in [6.07, 6.45) is 0. The van der Waals surface area contributed by atoms with E-state index >= 15 is 0 Å². The first-order valence-corrected chi connectivity index (χ1v) is 6.83. The van der Waals surface area contributed by atoms with Gasteiger partial charge in [-0.1, -0.05) is 6.07 Å². The van der Waals surface area contributed by atoms with Gasteiger partial charge in [-0.3, -0.25) is 14.6 Å². The molecule has 0 aliphatic carbocycles. The van der Waals surface area contributed by atoms with Gasteiger partial charge in [0.2, 0.25) is 5.91 Å². The first-order valence-electron chi connectivity index (χ1n) is 6.83. The molecule has 0 atom stereocenters. The van der Waals surface area contributed by atoms with Crippen molar-refractivity contribution >= 4 is 34.3 Å². The number of hydrogen-bond acceptors (Lipinski definition) is 4. The van der Waals surface area contributed by atoms with Gasteiger partial charge in [0.1, 0.15) is 0 Å². The number of hydrogen-bond donors (Lipinski definition) is 3. The molecule has 7 heteroatoms. The van der Waals surface area contributed by atoms with Crippen molar-refractivity contribution in [2.45, 2.75) is 6.92 Å². The second-order valence-electron chi connectivity index (χ2n) is 4.94. The van der Waals surface area contributed by atoms with Crippen LogP contribution in [0.4, 0.5) is 11.4 Å². The molecule has 1 aromatic heterocycles. The first-order chi connectivity index (χ1) is 11.0. The summed E-state index contributed by atoms with van der Waals surface area (Å²) in [5.41, 5.74) is 2.38. The van der Waals surface area contributed by atoms with E-state index in [1.807, 2.05) is 0 Å². The van der Waals surface area contributed by atoms with E-state index in [0.29, 0.717) is 28.0 Å². The lowest BCUT2D eigenvalue weighted by atomic mass is 10.1. The number of amides is 2. The van der Waals surface area contributed by atoms with Crippen molar-refractivity contribution in [3.8, 4) is 0 Å². The third-order valence-corrected chi connectivity index (χ3v) is 3.12. The fourth-order valence-electron chi connectivity index (χ4n) is 2.17. The predicted octanol–water partition coefficient (Wildman–Crippen LogP) is 2.33. The smallest absolute Gasteiger partial charge is 0.408 e. The van der Waals surface area contributed by atoms with Crippen LogP contribution in [0.25, 0.3) is 11.1 Å². The molecule has 0 saturated heterocycles. The predicted molar refractivity (Wildman–Crippen MR) is 85.5 cm³/mol. The van der Waals surface area contributed by atoms with Crippen molar-refractivity contribution in [1.82, 2.24) is 4.98 Å². The largest absolute Gasteiger partial charge is 0.417 e. The fourth-order valence-corrected chi connectivity index (χ4v) is 2.17. The molecule has 3 aromatic rings. The highest BCUT2D eigenvalue weighted by Crippen LogP contribution is 2.18. The number of carbonyl (C=O) groups is 2. The molecule has 0 aliphatic rings. The van der Waals surface area contributed by atoms with E-state index in [2.05, 4.69) is 15.6 Å². The molecule has 3 rings (SSSR count). The lowest BCUT2D eigenvalue weighted by molar-refractivity contribution is -0.114. The van der Waals surface area contributed by atoms with Crippen molar-refractivity contribution < 1.29 is 14.0 Å². The van der Waals surface area contributed by atoms with E-state index in [4.69, 9.17) is 4.42 Å². The van der Waals surface area contributed by atoms with Gasteiger partial charge in [0.25, 0.3) is 5.91 Å². The number of benzene rings is 2. The Labute approximate surface area is 130 Å². The Morgan fingerprint density at radius 2 is 1.83 bits per heavy atom. The highest BCUT2D eigenvalue weighted by molar-refractivity contribution is 6.05. The number of carbonyl (C=O) groups excluding carboxylic acids is 2. The monoisotopic (exact) mass is 311 g/mol. The van der Waals surface area contributed by atoms with E-state index in [1.54, 1.807) is 42.5 Å². The highest BCUT2D eigenvalue weighted by atomic mass is 16.4. The Morgan fingerprint density at radius 3 is 2.61 bits per heavy atom. The minimum Gasteiger partial charge on any atom is -0.408 e. The second kappa shape index (κ2) is 5.80. The molecule has 0 spiro atoms. The lowest BCUT2D eigenvalue weighted by Gasteiger charge is -2.07. The maximum absolute atomic E-state index is 12.3. The molecular weight excluding hydrogens is 298 g/mol. The quantitative estimate of drug-likeness (QED) is 0.690. The van der Waals surface area contributed by atoms with Crippen LogP contribution in [0.2, 0.25) is 0 Å². The van der Waals surface area contributed by atoms with Crippen LogP contribution in [0, 0.1) is 0 Å². The molecule has 0 unspecified atom stereocenters. The molecule has 2 aromatic carbocycles. The maximum Gasteiger partial charge on any atom is 0.417 e. The molecule has 23 heavy (non-hydrogen) atoms. The van der Waals surface area contributed by atoms with Crippen molar-refractivity contribution in [2.75, 3.05) is 10.6 Å². The molecule has 0 radical (unpaired) electrons. The number of oxazole rings is 1. The van der Waals surface area contributed by atoms with Crippen molar-refractivity contribution in [3.63, 3.8) is 0 Å². The molecule has 2 amide bonds. The van der Waals surface area contributed by atoms with E-state index in [0.717, 1.165) is 0 Å². The molecule has 116 valence electrons. The van der Waals surface area contributed by atoms with Gasteiger partial charge in [0.15, 0.2) is 5.58 Å². The van der Waals surface area contributed by atoms with Gasteiger partial charge in [0, 0.05) is 23.9 Å². The summed E-state index contributed by atoms with van der Waals surface area (Å²) in [7, 11) is 0. The Morgan fingerprint density at radius 1 is 1.04 bits per heavy atom. The summed E-state index contributed by atoms with van der Waals surface area (Å²) in [5.74, 6) is -1.09. The van der Waals surface area contributed by atoms with E-state index in [9.17, 15) is 14.4 Å². The fraction of sp³-hybridized carbons (Fsp3) is 0.0625. The highest BCUT2D eigenvalue weighted by Gasteiger charge is 2.09. The second-order valence-corrected chi connectivity index (χ2v) is 4.94. The SMILES string of the molecule is CC(=O)Nc1cccc(C(=O)Nc2ccc3oc(=O)[nH]c3c2)c1. The normalized spacial score (nSPS) is 10.5. The summed E-state index contributed by atoms with van der Waals surface area (Å²) >= 11 is 0. The first kappa shape index (κ1) is 14.6. The standard InChI is InChI=1S/C16H13N3O4/c1-9(20)17-11-4-2-3-10(7-11)15(21)18-12-5-6-14-13(8-12)19-16(22)23-14/h2-8H,1H3,(H,17,20)(H,18,21)(H,19,22). The summed E-state index contributed by atoms with van der Waals surface area (Å²) in [6.45, 7) is 1.40. The van der Waals surface area contributed by atoms with Gasteiger partial charge >= 0.3 is 5.76 Å². The van der Waals surface area contributed by atoms with Crippen LogP contribution in [0.1, 0.15) is 17.3 Å². The van der Waals surface area contributed by atoms with Gasteiger partial charge < -0.3 is 15.1 Å². The van der Waals surface area contributed by atoms with Crippen LogP contribution in [0.3, 0.4) is 0 Å². The van der Waals surface area contributed by atoms with Crippen molar-refractivity contribution in [1.29, 1.82) is 0 Å². The molecular formula is C16H13N3O4. The van der Waals surface area contributed by atoms with E-state index in [1.165, 1.54) is 6.92 Å². The van der Waals surface area contributed by atoms with Gasteiger partial charge in [-0.25, -0.2) is 4.79 Å². The Kier molecular flexibility index (Phi) is 3.68. The van der Waals surface area contributed by atoms with Crippen molar-refractivity contribution in [2.24, 2.45) is 0 Å². The van der Waals surface area contributed by atoms with Crippen LogP contribution in [-0.4, -0.2) is 16.8 Å². The van der Waals surface area contributed by atoms with Crippen molar-refractivity contribution in [3.05, 3.63) is 58.6 Å².